The summed E-state index contributed by atoms with van der Waals surface area (Å²) in [4.78, 5) is 12.0. The Morgan fingerprint density at radius 3 is 2.78 bits per heavy atom. The van der Waals surface area contributed by atoms with Crippen LogP contribution in [0.2, 0.25) is 5.02 Å². The van der Waals surface area contributed by atoms with Gasteiger partial charge < -0.3 is 4.57 Å². The first-order valence-electron chi connectivity index (χ1n) is 8.36. The predicted molar refractivity (Wildman–Crippen MR) is 109 cm³/mol. The van der Waals surface area contributed by atoms with E-state index in [9.17, 15) is 4.79 Å². The summed E-state index contributed by atoms with van der Waals surface area (Å²) in [5.74, 6) is 0.768. The number of carbonyl (C=O) groups is 1. The molecule has 0 saturated heterocycles. The van der Waals surface area contributed by atoms with Crippen molar-refractivity contribution in [3.63, 3.8) is 0 Å². The number of hydrogen-bond donors (Lipinski definition) is 1. The Hall–Kier alpha value is -2.64. The van der Waals surface area contributed by atoms with Crippen LogP contribution in [-0.2, 0) is 11.3 Å². The summed E-state index contributed by atoms with van der Waals surface area (Å²) in [6.45, 7) is 2.74. The van der Waals surface area contributed by atoms with E-state index in [2.05, 4.69) is 20.7 Å². The van der Waals surface area contributed by atoms with Crippen LogP contribution in [0.15, 0.2) is 64.9 Å². The van der Waals surface area contributed by atoms with E-state index in [1.54, 1.807) is 18.3 Å². The minimum Gasteiger partial charge on any atom is -0.302 e. The number of rotatable bonds is 7. The smallest absolute Gasteiger partial charge is 0.250 e. The fraction of sp³-hybridized carbons (Fsp3) is 0.158. The summed E-state index contributed by atoms with van der Waals surface area (Å²) in [5.41, 5.74) is 4.31. The molecule has 0 radical (unpaired) electrons. The average Bonchev–Trinajstić information content (AvgIpc) is 3.10. The number of carbonyl (C=O) groups excluding carboxylic acids is 1. The van der Waals surface area contributed by atoms with Gasteiger partial charge in [0.2, 0.25) is 0 Å². The number of amides is 1. The van der Waals surface area contributed by atoms with E-state index in [4.69, 9.17) is 11.6 Å². The number of aromatic nitrogens is 3. The molecular formula is C19H18ClN5OS. The number of thioether (sulfide) groups is 1. The molecule has 8 heteroatoms. The maximum absolute atomic E-state index is 12.0. The van der Waals surface area contributed by atoms with Crippen LogP contribution in [0, 0.1) is 0 Å². The lowest BCUT2D eigenvalue weighted by Gasteiger charge is -2.06. The highest BCUT2D eigenvalue weighted by Gasteiger charge is 2.14. The Kier molecular flexibility index (Phi) is 6.62. The van der Waals surface area contributed by atoms with Crippen LogP contribution in [0.4, 0.5) is 0 Å². The molecule has 0 aliphatic heterocycles. The molecule has 0 unspecified atom stereocenters. The van der Waals surface area contributed by atoms with E-state index in [1.165, 1.54) is 11.8 Å². The normalized spacial score (nSPS) is 11.0. The van der Waals surface area contributed by atoms with Crippen LogP contribution in [-0.4, -0.2) is 32.6 Å². The fourth-order valence-corrected chi connectivity index (χ4v) is 3.40. The van der Waals surface area contributed by atoms with Gasteiger partial charge in [0.15, 0.2) is 11.0 Å². The Bertz CT molecular complexity index is 942. The number of halogens is 1. The minimum atomic E-state index is -0.217. The zero-order chi connectivity index (χ0) is 19.1. The molecule has 3 rings (SSSR count). The molecule has 0 aliphatic rings. The molecule has 3 aromatic rings. The first-order valence-corrected chi connectivity index (χ1v) is 9.72. The number of hydrazone groups is 1. The van der Waals surface area contributed by atoms with Gasteiger partial charge in [0, 0.05) is 17.1 Å². The highest BCUT2D eigenvalue weighted by molar-refractivity contribution is 7.99. The number of benzene rings is 2. The molecule has 0 bridgehead atoms. The molecule has 1 amide bonds. The molecule has 138 valence electrons. The molecule has 2 aromatic carbocycles. The molecule has 1 aromatic heterocycles. The van der Waals surface area contributed by atoms with Crippen LogP contribution >= 0.6 is 23.4 Å². The third kappa shape index (κ3) is 5.18. The molecule has 6 nitrogen and oxygen atoms in total. The third-order valence-electron chi connectivity index (χ3n) is 3.65. The Morgan fingerprint density at radius 1 is 1.22 bits per heavy atom. The van der Waals surface area contributed by atoms with Crippen LogP contribution in [0.1, 0.15) is 12.5 Å². The highest BCUT2D eigenvalue weighted by atomic mass is 35.5. The lowest BCUT2D eigenvalue weighted by molar-refractivity contribution is -0.118. The van der Waals surface area contributed by atoms with Gasteiger partial charge in [-0.3, -0.25) is 4.79 Å². The number of nitrogens with one attached hydrogen (secondary N) is 1. The van der Waals surface area contributed by atoms with Gasteiger partial charge in [-0.15, -0.1) is 10.2 Å². The monoisotopic (exact) mass is 399 g/mol. The molecule has 0 saturated carbocycles. The zero-order valence-electron chi connectivity index (χ0n) is 14.7. The molecule has 0 spiro atoms. The van der Waals surface area contributed by atoms with Gasteiger partial charge in [0.1, 0.15) is 0 Å². The summed E-state index contributed by atoms with van der Waals surface area (Å²) >= 11 is 7.24. The van der Waals surface area contributed by atoms with Gasteiger partial charge >= 0.3 is 0 Å². The second-order valence-corrected chi connectivity index (χ2v) is 6.93. The SMILES string of the molecule is CCn1c(SCC(=O)N/N=C\c2cccc(Cl)c2)nnc1-c1ccccc1. The van der Waals surface area contributed by atoms with Crippen LogP contribution in [0.5, 0.6) is 0 Å². The largest absolute Gasteiger partial charge is 0.302 e. The van der Waals surface area contributed by atoms with E-state index >= 15 is 0 Å². The topological polar surface area (TPSA) is 72.2 Å². The Labute approximate surface area is 166 Å². The Morgan fingerprint density at radius 2 is 2.04 bits per heavy atom. The van der Waals surface area contributed by atoms with Crippen molar-refractivity contribution in [2.24, 2.45) is 5.10 Å². The third-order valence-corrected chi connectivity index (χ3v) is 4.85. The molecule has 0 fully saturated rings. The lowest BCUT2D eigenvalue weighted by Crippen LogP contribution is -2.20. The fourth-order valence-electron chi connectivity index (χ4n) is 2.41. The second kappa shape index (κ2) is 9.34. The van der Waals surface area contributed by atoms with E-state index < -0.39 is 0 Å². The van der Waals surface area contributed by atoms with Crippen molar-refractivity contribution < 1.29 is 4.79 Å². The summed E-state index contributed by atoms with van der Waals surface area (Å²) in [5, 5.41) is 13.7. The van der Waals surface area contributed by atoms with Crippen LogP contribution < -0.4 is 5.43 Å². The maximum atomic E-state index is 12.0. The molecule has 1 N–H and O–H groups in total. The zero-order valence-corrected chi connectivity index (χ0v) is 16.2. The van der Waals surface area contributed by atoms with Gasteiger partial charge in [-0.05, 0) is 24.6 Å². The predicted octanol–water partition coefficient (Wildman–Crippen LogP) is 3.86. The van der Waals surface area contributed by atoms with Crippen molar-refractivity contribution in [1.29, 1.82) is 0 Å². The van der Waals surface area contributed by atoms with Gasteiger partial charge in [0.05, 0.1) is 12.0 Å². The number of nitrogens with zero attached hydrogens (tertiary/aromatic N) is 4. The standard InChI is InChI=1S/C19H18ClN5OS/c1-2-25-18(15-8-4-3-5-9-15)23-24-19(25)27-13-17(26)22-21-12-14-7-6-10-16(20)11-14/h3-12H,2,13H2,1H3,(H,22,26)/b21-12-. The molecular weight excluding hydrogens is 382 g/mol. The molecule has 0 atom stereocenters. The Balaban J connectivity index is 1.58. The molecule has 1 heterocycles. The van der Waals surface area contributed by atoms with Crippen molar-refractivity contribution in [2.75, 3.05) is 5.75 Å². The van der Waals surface area contributed by atoms with E-state index in [0.717, 1.165) is 17.0 Å². The van der Waals surface area contributed by atoms with E-state index in [1.807, 2.05) is 54.0 Å². The van der Waals surface area contributed by atoms with Crippen molar-refractivity contribution in [3.8, 4) is 11.4 Å². The van der Waals surface area contributed by atoms with Crippen molar-refractivity contribution in [2.45, 2.75) is 18.6 Å². The lowest BCUT2D eigenvalue weighted by atomic mass is 10.2. The summed E-state index contributed by atoms with van der Waals surface area (Å²) in [6.07, 6.45) is 1.55. The van der Waals surface area contributed by atoms with Gasteiger partial charge in [-0.25, -0.2) is 5.43 Å². The van der Waals surface area contributed by atoms with Crippen molar-refractivity contribution in [1.82, 2.24) is 20.2 Å². The van der Waals surface area contributed by atoms with Crippen LogP contribution in [0.3, 0.4) is 0 Å². The second-order valence-electron chi connectivity index (χ2n) is 5.55. The van der Waals surface area contributed by atoms with Gasteiger partial charge in [-0.1, -0.05) is 65.8 Å². The van der Waals surface area contributed by atoms with Crippen LogP contribution in [0.25, 0.3) is 11.4 Å². The van der Waals surface area contributed by atoms with E-state index in [-0.39, 0.29) is 11.7 Å². The highest BCUT2D eigenvalue weighted by Crippen LogP contribution is 2.23. The van der Waals surface area contributed by atoms with Gasteiger partial charge in [-0.2, -0.15) is 5.10 Å². The minimum absolute atomic E-state index is 0.194. The number of hydrogen-bond acceptors (Lipinski definition) is 5. The molecule has 27 heavy (non-hydrogen) atoms. The first kappa shape index (κ1) is 19.1. The van der Waals surface area contributed by atoms with Gasteiger partial charge in [0.25, 0.3) is 5.91 Å². The first-order chi connectivity index (χ1) is 13.2. The quantitative estimate of drug-likeness (QED) is 0.372. The maximum Gasteiger partial charge on any atom is 0.250 e. The van der Waals surface area contributed by atoms with Crippen molar-refractivity contribution in [3.05, 3.63) is 65.2 Å². The van der Waals surface area contributed by atoms with Crippen molar-refractivity contribution >= 4 is 35.5 Å². The summed E-state index contributed by atoms with van der Waals surface area (Å²) in [7, 11) is 0. The molecule has 0 aliphatic carbocycles. The summed E-state index contributed by atoms with van der Waals surface area (Å²) < 4.78 is 1.99. The average molecular weight is 400 g/mol. The summed E-state index contributed by atoms with van der Waals surface area (Å²) in [6, 6.07) is 17.1. The van der Waals surface area contributed by atoms with E-state index in [0.29, 0.717) is 16.7 Å².